The van der Waals surface area contributed by atoms with Gasteiger partial charge in [0.05, 0.1) is 18.9 Å². The Balaban J connectivity index is 1.91. The summed E-state index contributed by atoms with van der Waals surface area (Å²) in [5, 5.41) is 6.87. The van der Waals surface area contributed by atoms with E-state index in [1.165, 1.54) is 0 Å². The number of methoxy groups -OCH3 is 1. The molecule has 0 fully saturated rings. The second-order valence-electron chi connectivity index (χ2n) is 5.27. The minimum atomic E-state index is -0.238. The van der Waals surface area contributed by atoms with Gasteiger partial charge in [0.15, 0.2) is 0 Å². The number of aryl methyl sites for hydroxylation is 1. The topological polar surface area (TPSA) is 55.6 Å². The molecule has 3 aromatic rings. The number of hydrogen-bond donors (Lipinski definition) is 1. The molecule has 24 heavy (non-hydrogen) atoms. The number of carbonyl (C=O) groups excluding carboxylic acids is 1. The van der Waals surface area contributed by atoms with Crippen LogP contribution in [0.5, 0.6) is 5.75 Å². The number of carbonyl (C=O) groups is 1. The van der Waals surface area contributed by atoms with E-state index in [0.29, 0.717) is 11.3 Å². The Kier molecular flexibility index (Phi) is 4.73. The number of fused-ring (bicyclic) bond motifs is 1. The fourth-order valence-corrected chi connectivity index (χ4v) is 3.87. The number of thiophene rings is 1. The maximum absolute atomic E-state index is 12.6. The quantitative estimate of drug-likeness (QED) is 0.524. The molecule has 124 valence electrons. The Morgan fingerprint density at radius 3 is 2.88 bits per heavy atom. The third-order valence-electron chi connectivity index (χ3n) is 3.87. The first-order valence-electron chi connectivity index (χ1n) is 7.21. The second kappa shape index (κ2) is 6.78. The number of nitrogens with one attached hydrogen (secondary N) is 1. The van der Waals surface area contributed by atoms with Crippen LogP contribution in [0, 0.1) is 6.92 Å². The number of benzene rings is 1. The highest BCUT2D eigenvalue weighted by molar-refractivity contribution is 9.10. The van der Waals surface area contributed by atoms with Crippen molar-refractivity contribution in [2.24, 2.45) is 12.1 Å². The molecule has 0 saturated heterocycles. The van der Waals surface area contributed by atoms with Gasteiger partial charge in [0.25, 0.3) is 5.91 Å². The number of halogens is 1. The SMILES string of the molecule is COc1ccc2c(c1)c(C(=O)N/N=C\c1cc(Br)cs1)c(C)n2C. The molecule has 0 aliphatic heterocycles. The van der Waals surface area contributed by atoms with Crippen LogP contribution >= 0.6 is 27.3 Å². The Labute approximate surface area is 152 Å². The van der Waals surface area contributed by atoms with Crippen molar-refractivity contribution in [2.75, 3.05) is 7.11 Å². The Morgan fingerprint density at radius 1 is 1.42 bits per heavy atom. The van der Waals surface area contributed by atoms with Gasteiger partial charge in [0, 0.05) is 38.4 Å². The summed E-state index contributed by atoms with van der Waals surface area (Å²) in [6, 6.07) is 7.65. The number of ether oxygens (including phenoxy) is 1. The molecule has 0 radical (unpaired) electrons. The standard InChI is InChI=1S/C17H16BrN3O2S/c1-10-16(14-7-12(23-3)4-5-15(14)21(10)2)17(22)20-19-8-13-6-11(18)9-24-13/h4-9H,1-3H3,(H,20,22)/b19-8-. The van der Waals surface area contributed by atoms with E-state index in [1.54, 1.807) is 24.7 Å². The molecule has 5 nitrogen and oxygen atoms in total. The molecule has 3 rings (SSSR count). The average molecular weight is 406 g/mol. The van der Waals surface area contributed by atoms with Crippen molar-refractivity contribution in [1.82, 2.24) is 9.99 Å². The lowest BCUT2D eigenvalue weighted by Crippen LogP contribution is -2.18. The second-order valence-corrected chi connectivity index (χ2v) is 7.13. The summed E-state index contributed by atoms with van der Waals surface area (Å²) in [6.45, 7) is 1.92. The number of aromatic nitrogens is 1. The molecule has 0 aliphatic carbocycles. The van der Waals surface area contributed by atoms with E-state index in [9.17, 15) is 4.79 Å². The summed E-state index contributed by atoms with van der Waals surface area (Å²) in [4.78, 5) is 13.6. The van der Waals surface area contributed by atoms with Gasteiger partial charge in [-0.3, -0.25) is 4.79 Å². The van der Waals surface area contributed by atoms with Crippen LogP contribution < -0.4 is 10.2 Å². The molecule has 0 bridgehead atoms. The Bertz CT molecular complexity index is 943. The van der Waals surface area contributed by atoms with E-state index >= 15 is 0 Å². The van der Waals surface area contributed by atoms with Crippen molar-refractivity contribution in [3.63, 3.8) is 0 Å². The van der Waals surface area contributed by atoms with Gasteiger partial charge in [-0.15, -0.1) is 11.3 Å². The minimum absolute atomic E-state index is 0.238. The van der Waals surface area contributed by atoms with Crippen molar-refractivity contribution in [3.05, 3.63) is 50.3 Å². The molecule has 0 saturated carbocycles. The van der Waals surface area contributed by atoms with Crippen LogP contribution in [-0.2, 0) is 7.05 Å². The molecular weight excluding hydrogens is 390 g/mol. The first-order chi connectivity index (χ1) is 11.5. The van der Waals surface area contributed by atoms with Gasteiger partial charge >= 0.3 is 0 Å². The molecule has 1 N–H and O–H groups in total. The fourth-order valence-electron chi connectivity index (χ4n) is 2.57. The third kappa shape index (κ3) is 3.09. The summed E-state index contributed by atoms with van der Waals surface area (Å²) in [6.07, 6.45) is 1.63. The lowest BCUT2D eigenvalue weighted by molar-refractivity contribution is 0.0956. The highest BCUT2D eigenvalue weighted by atomic mass is 79.9. The predicted molar refractivity (Wildman–Crippen MR) is 101 cm³/mol. The van der Waals surface area contributed by atoms with Crippen LogP contribution in [0.1, 0.15) is 20.9 Å². The van der Waals surface area contributed by atoms with Gasteiger partial charge < -0.3 is 9.30 Å². The highest BCUT2D eigenvalue weighted by Crippen LogP contribution is 2.28. The van der Waals surface area contributed by atoms with E-state index in [1.807, 2.05) is 48.2 Å². The molecular formula is C17H16BrN3O2S. The fraction of sp³-hybridized carbons (Fsp3) is 0.176. The normalized spacial score (nSPS) is 11.3. The van der Waals surface area contributed by atoms with Crippen LogP contribution in [0.3, 0.4) is 0 Å². The van der Waals surface area contributed by atoms with Crippen LogP contribution in [0.25, 0.3) is 10.9 Å². The third-order valence-corrected chi connectivity index (χ3v) is 5.50. The van der Waals surface area contributed by atoms with Crippen LogP contribution in [-0.4, -0.2) is 23.8 Å². The van der Waals surface area contributed by atoms with Crippen molar-refractivity contribution in [2.45, 2.75) is 6.92 Å². The molecule has 0 spiro atoms. The lowest BCUT2D eigenvalue weighted by Gasteiger charge is -2.02. The summed E-state index contributed by atoms with van der Waals surface area (Å²) >= 11 is 4.93. The zero-order valence-corrected chi connectivity index (χ0v) is 15.9. The van der Waals surface area contributed by atoms with Crippen molar-refractivity contribution < 1.29 is 9.53 Å². The number of hydrogen-bond acceptors (Lipinski definition) is 4. The van der Waals surface area contributed by atoms with E-state index in [4.69, 9.17) is 4.74 Å². The molecule has 0 aliphatic rings. The summed E-state index contributed by atoms with van der Waals surface area (Å²) in [5.74, 6) is 0.479. The molecule has 2 heterocycles. The van der Waals surface area contributed by atoms with Gasteiger partial charge in [0.2, 0.25) is 0 Å². The zero-order valence-electron chi connectivity index (χ0n) is 13.5. The lowest BCUT2D eigenvalue weighted by atomic mass is 10.1. The number of hydrazone groups is 1. The van der Waals surface area contributed by atoms with Crippen molar-refractivity contribution >= 4 is 50.3 Å². The number of nitrogens with zero attached hydrogens (tertiary/aromatic N) is 2. The monoisotopic (exact) mass is 405 g/mol. The van der Waals surface area contributed by atoms with E-state index in [0.717, 1.165) is 25.9 Å². The molecule has 7 heteroatoms. The van der Waals surface area contributed by atoms with Gasteiger partial charge in [-0.25, -0.2) is 5.43 Å². The van der Waals surface area contributed by atoms with E-state index < -0.39 is 0 Å². The molecule has 2 aromatic heterocycles. The van der Waals surface area contributed by atoms with Crippen LogP contribution in [0.15, 0.2) is 39.2 Å². The summed E-state index contributed by atoms with van der Waals surface area (Å²) in [5.41, 5.74) is 5.07. The molecule has 1 aromatic carbocycles. The van der Waals surface area contributed by atoms with Gasteiger partial charge in [-0.1, -0.05) is 0 Å². The molecule has 0 unspecified atom stereocenters. The van der Waals surface area contributed by atoms with Crippen molar-refractivity contribution in [3.8, 4) is 5.75 Å². The largest absolute Gasteiger partial charge is 0.497 e. The van der Waals surface area contributed by atoms with Gasteiger partial charge in [-0.2, -0.15) is 5.10 Å². The minimum Gasteiger partial charge on any atom is -0.497 e. The molecule has 1 amide bonds. The van der Waals surface area contributed by atoms with E-state index in [2.05, 4.69) is 26.5 Å². The van der Waals surface area contributed by atoms with Crippen LogP contribution in [0.4, 0.5) is 0 Å². The summed E-state index contributed by atoms with van der Waals surface area (Å²) in [7, 11) is 3.55. The van der Waals surface area contributed by atoms with Crippen molar-refractivity contribution in [1.29, 1.82) is 0 Å². The maximum Gasteiger partial charge on any atom is 0.273 e. The number of amides is 1. The smallest absolute Gasteiger partial charge is 0.273 e. The Hall–Kier alpha value is -2.12. The van der Waals surface area contributed by atoms with E-state index in [-0.39, 0.29) is 5.91 Å². The molecule has 0 atom stereocenters. The Morgan fingerprint density at radius 2 is 2.21 bits per heavy atom. The van der Waals surface area contributed by atoms with Gasteiger partial charge in [0.1, 0.15) is 5.75 Å². The average Bonchev–Trinajstić information content (AvgIpc) is 3.09. The van der Waals surface area contributed by atoms with Crippen LogP contribution in [0.2, 0.25) is 0 Å². The predicted octanol–water partition coefficient (Wildman–Crippen LogP) is 4.08. The first-order valence-corrected chi connectivity index (χ1v) is 8.89. The first kappa shape index (κ1) is 16.7. The summed E-state index contributed by atoms with van der Waals surface area (Å²) < 4.78 is 8.26. The van der Waals surface area contributed by atoms with Gasteiger partial charge in [-0.05, 0) is 47.1 Å². The number of rotatable bonds is 4. The highest BCUT2D eigenvalue weighted by Gasteiger charge is 2.18. The maximum atomic E-state index is 12.6. The zero-order chi connectivity index (χ0) is 17.3.